The van der Waals surface area contributed by atoms with Gasteiger partial charge < -0.3 is 14.4 Å². The summed E-state index contributed by atoms with van der Waals surface area (Å²) in [6.45, 7) is 0.917. The van der Waals surface area contributed by atoms with E-state index in [9.17, 15) is 0 Å². The largest absolute Gasteiger partial charge is 0.493 e. The zero-order valence-electron chi connectivity index (χ0n) is 12.9. The SMILES string of the molecule is COc1ccc(C(CCN(C)C)n2ncnn2)cc1OC. The van der Waals surface area contributed by atoms with Gasteiger partial charge in [0.05, 0.1) is 20.3 Å². The predicted octanol–water partition coefficient (Wildman–Crippen LogP) is 1.23. The molecule has 1 aromatic heterocycles. The molecule has 0 radical (unpaired) electrons. The molecule has 1 unspecified atom stereocenters. The number of methoxy groups -OCH3 is 2. The summed E-state index contributed by atoms with van der Waals surface area (Å²) >= 11 is 0. The van der Waals surface area contributed by atoms with Crippen molar-refractivity contribution in [2.24, 2.45) is 0 Å². The van der Waals surface area contributed by atoms with Crippen molar-refractivity contribution in [2.75, 3.05) is 34.9 Å². The molecule has 0 amide bonds. The number of benzene rings is 1. The minimum absolute atomic E-state index is 0.00899. The first-order valence-electron chi connectivity index (χ1n) is 6.74. The summed E-state index contributed by atoms with van der Waals surface area (Å²) < 4.78 is 10.6. The second-order valence-corrected chi connectivity index (χ2v) is 4.98. The van der Waals surface area contributed by atoms with E-state index in [1.165, 1.54) is 6.33 Å². The molecule has 1 aromatic carbocycles. The van der Waals surface area contributed by atoms with Crippen LogP contribution in [-0.2, 0) is 0 Å². The summed E-state index contributed by atoms with van der Waals surface area (Å²) in [5.74, 6) is 1.41. The molecule has 2 aromatic rings. The summed E-state index contributed by atoms with van der Waals surface area (Å²) in [6, 6.07) is 5.87. The van der Waals surface area contributed by atoms with Gasteiger partial charge in [-0.15, -0.1) is 10.2 Å². The van der Waals surface area contributed by atoms with Gasteiger partial charge in [-0.3, -0.25) is 0 Å². The summed E-state index contributed by atoms with van der Waals surface area (Å²) in [5.41, 5.74) is 1.06. The summed E-state index contributed by atoms with van der Waals surface area (Å²) in [4.78, 5) is 3.76. The van der Waals surface area contributed by atoms with Gasteiger partial charge in [-0.25, -0.2) is 0 Å². The van der Waals surface area contributed by atoms with E-state index in [2.05, 4.69) is 20.3 Å². The van der Waals surface area contributed by atoms with E-state index in [1.54, 1.807) is 19.0 Å². The van der Waals surface area contributed by atoms with Crippen LogP contribution in [-0.4, -0.2) is 60.0 Å². The van der Waals surface area contributed by atoms with Crippen LogP contribution in [0.25, 0.3) is 0 Å². The van der Waals surface area contributed by atoms with E-state index in [1.807, 2.05) is 32.3 Å². The Morgan fingerprint density at radius 1 is 1.19 bits per heavy atom. The molecule has 0 saturated carbocycles. The van der Waals surface area contributed by atoms with Crippen LogP contribution in [0.5, 0.6) is 11.5 Å². The lowest BCUT2D eigenvalue weighted by Crippen LogP contribution is -2.21. The van der Waals surface area contributed by atoms with Gasteiger partial charge in [0.1, 0.15) is 0 Å². The number of nitrogens with zero attached hydrogens (tertiary/aromatic N) is 5. The van der Waals surface area contributed by atoms with E-state index in [-0.39, 0.29) is 6.04 Å². The first-order chi connectivity index (χ1) is 10.2. The zero-order chi connectivity index (χ0) is 15.2. The fraction of sp³-hybridized carbons (Fsp3) is 0.500. The van der Waals surface area contributed by atoms with Gasteiger partial charge in [0.25, 0.3) is 0 Å². The van der Waals surface area contributed by atoms with Gasteiger partial charge in [0.2, 0.25) is 0 Å². The minimum Gasteiger partial charge on any atom is -0.493 e. The first kappa shape index (κ1) is 15.2. The molecule has 114 valence electrons. The number of hydrogen-bond acceptors (Lipinski definition) is 6. The monoisotopic (exact) mass is 291 g/mol. The van der Waals surface area contributed by atoms with Crippen LogP contribution in [0.1, 0.15) is 18.0 Å². The molecule has 1 heterocycles. The first-order valence-corrected chi connectivity index (χ1v) is 6.74. The van der Waals surface area contributed by atoms with Gasteiger partial charge in [-0.2, -0.15) is 4.80 Å². The molecule has 1 atom stereocenters. The van der Waals surface area contributed by atoms with Crippen molar-refractivity contribution < 1.29 is 9.47 Å². The normalized spacial score (nSPS) is 12.4. The van der Waals surface area contributed by atoms with Crippen LogP contribution in [0.4, 0.5) is 0 Å². The zero-order valence-corrected chi connectivity index (χ0v) is 12.9. The molecule has 0 N–H and O–H groups in total. The van der Waals surface area contributed by atoms with Gasteiger partial charge in [0, 0.05) is 0 Å². The molecule has 21 heavy (non-hydrogen) atoms. The van der Waals surface area contributed by atoms with Crippen molar-refractivity contribution in [3.05, 3.63) is 30.1 Å². The Hall–Kier alpha value is -2.15. The lowest BCUT2D eigenvalue weighted by atomic mass is 10.0. The van der Waals surface area contributed by atoms with Crippen LogP contribution >= 0.6 is 0 Å². The Labute approximate surface area is 124 Å². The average Bonchev–Trinajstić information content (AvgIpc) is 3.01. The van der Waals surface area contributed by atoms with Crippen LogP contribution in [0, 0.1) is 0 Å². The van der Waals surface area contributed by atoms with Crippen molar-refractivity contribution in [1.29, 1.82) is 0 Å². The highest BCUT2D eigenvalue weighted by molar-refractivity contribution is 5.43. The number of ether oxygens (including phenoxy) is 2. The van der Waals surface area contributed by atoms with Crippen molar-refractivity contribution in [1.82, 2.24) is 25.1 Å². The second kappa shape index (κ2) is 7.03. The molecule has 0 aliphatic heterocycles. The Bertz CT molecular complexity index is 556. The molecule has 0 spiro atoms. The van der Waals surface area contributed by atoms with Crippen molar-refractivity contribution >= 4 is 0 Å². The third-order valence-electron chi connectivity index (χ3n) is 3.29. The standard InChI is InChI=1S/C14H21N5O2/c1-18(2)8-7-12(19-16-10-15-17-19)11-5-6-13(20-3)14(9-11)21-4/h5-6,9-10,12H,7-8H2,1-4H3. The topological polar surface area (TPSA) is 65.3 Å². The Kier molecular flexibility index (Phi) is 5.10. The van der Waals surface area contributed by atoms with E-state index in [0.717, 1.165) is 18.5 Å². The lowest BCUT2D eigenvalue weighted by Gasteiger charge is -2.19. The summed E-state index contributed by atoms with van der Waals surface area (Å²) in [5, 5.41) is 12.0. The summed E-state index contributed by atoms with van der Waals surface area (Å²) in [6.07, 6.45) is 2.32. The van der Waals surface area contributed by atoms with Crippen LogP contribution in [0.2, 0.25) is 0 Å². The van der Waals surface area contributed by atoms with Crippen LogP contribution < -0.4 is 9.47 Å². The number of rotatable bonds is 7. The minimum atomic E-state index is 0.00899. The fourth-order valence-corrected chi connectivity index (χ4v) is 2.17. The van der Waals surface area contributed by atoms with Crippen molar-refractivity contribution in [2.45, 2.75) is 12.5 Å². The maximum Gasteiger partial charge on any atom is 0.162 e. The average molecular weight is 291 g/mol. The third kappa shape index (κ3) is 3.69. The molecule has 0 fully saturated rings. The third-order valence-corrected chi connectivity index (χ3v) is 3.29. The van der Waals surface area contributed by atoms with E-state index in [0.29, 0.717) is 11.5 Å². The number of tetrazole rings is 1. The molecule has 0 saturated heterocycles. The van der Waals surface area contributed by atoms with Gasteiger partial charge >= 0.3 is 0 Å². The van der Waals surface area contributed by atoms with Crippen LogP contribution in [0.3, 0.4) is 0 Å². The molecule has 0 aliphatic rings. The van der Waals surface area contributed by atoms with Crippen molar-refractivity contribution in [3.8, 4) is 11.5 Å². The van der Waals surface area contributed by atoms with Gasteiger partial charge in [0.15, 0.2) is 17.8 Å². The predicted molar refractivity (Wildman–Crippen MR) is 78.7 cm³/mol. The lowest BCUT2D eigenvalue weighted by molar-refractivity contribution is 0.335. The number of hydrogen-bond donors (Lipinski definition) is 0. The molecular formula is C14H21N5O2. The maximum absolute atomic E-state index is 5.37. The van der Waals surface area contributed by atoms with Crippen LogP contribution in [0.15, 0.2) is 24.5 Å². The molecule has 0 aliphatic carbocycles. The van der Waals surface area contributed by atoms with Gasteiger partial charge in [-0.05, 0) is 50.0 Å². The molecule has 2 rings (SSSR count). The molecule has 7 heteroatoms. The van der Waals surface area contributed by atoms with E-state index >= 15 is 0 Å². The highest BCUT2D eigenvalue weighted by Crippen LogP contribution is 2.31. The highest BCUT2D eigenvalue weighted by atomic mass is 16.5. The van der Waals surface area contributed by atoms with E-state index in [4.69, 9.17) is 9.47 Å². The molecule has 0 bridgehead atoms. The summed E-state index contributed by atoms with van der Waals surface area (Å²) in [7, 11) is 7.34. The second-order valence-electron chi connectivity index (χ2n) is 4.98. The molecular weight excluding hydrogens is 270 g/mol. The molecule has 7 nitrogen and oxygen atoms in total. The maximum atomic E-state index is 5.37. The Balaban J connectivity index is 2.32. The highest BCUT2D eigenvalue weighted by Gasteiger charge is 2.18. The Morgan fingerprint density at radius 3 is 2.52 bits per heavy atom. The Morgan fingerprint density at radius 2 is 1.95 bits per heavy atom. The number of aromatic nitrogens is 4. The fourth-order valence-electron chi connectivity index (χ4n) is 2.17. The van der Waals surface area contributed by atoms with E-state index < -0.39 is 0 Å². The quantitative estimate of drug-likeness (QED) is 0.764. The van der Waals surface area contributed by atoms with Crippen molar-refractivity contribution in [3.63, 3.8) is 0 Å². The smallest absolute Gasteiger partial charge is 0.162 e. The van der Waals surface area contributed by atoms with Gasteiger partial charge in [-0.1, -0.05) is 6.07 Å².